The standard InChI is InChI=1S/C31H37Cl2N3O3.C24H23BrCl2N2O2.C7H15NO/c1-20(37)36-27-10-7-21(19-39-14-13-35-11-5-4-6-12-35)15-25(27)34-26-17-31(2,3)18-28(38)29(26)30(36)23-9-8-22(32)16-24(23)33;1-13(30)29-20-7-4-14(12-25)8-18(20)28-19-10-24(2,3)11-21(31)22(19)23(29)16-6-5-15(26)9-17(16)27;9-7-6-8-4-2-1-3-5-8/h7-10,15-16,30,34H,4-6,11-14,17-19H2,1-3H3;4-9,23,28H,10-12H2,1-3H3;9H,1-7H2. The number of rotatable bonds is 10. The van der Waals surface area contributed by atoms with Crippen LogP contribution < -0.4 is 20.4 Å². The van der Waals surface area contributed by atoms with Gasteiger partial charge in [0, 0.05) is 87.7 Å². The zero-order valence-corrected chi connectivity index (χ0v) is 51.0. The lowest BCUT2D eigenvalue weighted by molar-refractivity contribution is -0.120. The number of alkyl halides is 1. The van der Waals surface area contributed by atoms with Crippen LogP contribution in [0.5, 0.6) is 0 Å². The number of fused-ring (bicyclic) bond motifs is 2. The summed E-state index contributed by atoms with van der Waals surface area (Å²) in [5.74, 6) is -0.303. The number of ketones is 2. The molecule has 2 unspecified atom stereocenters. The summed E-state index contributed by atoms with van der Waals surface area (Å²) in [6, 6.07) is 21.0. The van der Waals surface area contributed by atoms with Crippen molar-refractivity contribution in [3.63, 3.8) is 0 Å². The zero-order chi connectivity index (χ0) is 56.8. The van der Waals surface area contributed by atoms with Gasteiger partial charge in [-0.2, -0.15) is 0 Å². The molecular formula is C62H75BrCl4N6O6. The molecule has 2 amide bonds. The number of halogens is 5. The first kappa shape index (κ1) is 60.8. The molecule has 0 spiro atoms. The van der Waals surface area contributed by atoms with E-state index in [1.165, 1.54) is 65.5 Å². The van der Waals surface area contributed by atoms with E-state index in [-0.39, 0.29) is 34.2 Å². The number of nitrogens with one attached hydrogen (secondary N) is 2. The molecule has 0 aromatic heterocycles. The molecule has 424 valence electrons. The maximum Gasteiger partial charge on any atom is 0.224 e. The normalized spacial score (nSPS) is 20.9. The van der Waals surface area contributed by atoms with Crippen LogP contribution in [-0.2, 0) is 35.9 Å². The molecule has 4 aromatic rings. The molecule has 79 heavy (non-hydrogen) atoms. The number of ether oxygens (including phenoxy) is 1. The largest absolute Gasteiger partial charge is 0.395 e. The molecule has 10 rings (SSSR count). The van der Waals surface area contributed by atoms with Crippen molar-refractivity contribution in [2.24, 2.45) is 10.8 Å². The number of benzene rings is 4. The lowest BCUT2D eigenvalue weighted by Gasteiger charge is -2.37. The Labute approximate surface area is 495 Å². The lowest BCUT2D eigenvalue weighted by atomic mass is 9.73. The van der Waals surface area contributed by atoms with Gasteiger partial charge < -0.3 is 30.3 Å². The third-order valence-electron chi connectivity index (χ3n) is 15.6. The number of carbonyl (C=O) groups excluding carboxylic acids is 4. The van der Waals surface area contributed by atoms with Gasteiger partial charge >= 0.3 is 0 Å². The minimum absolute atomic E-state index is 0.0186. The van der Waals surface area contributed by atoms with Crippen molar-refractivity contribution in [2.45, 2.75) is 130 Å². The highest BCUT2D eigenvalue weighted by atomic mass is 79.9. The first-order valence-electron chi connectivity index (χ1n) is 27.7. The minimum atomic E-state index is -0.661. The van der Waals surface area contributed by atoms with E-state index in [2.05, 4.69) is 64.1 Å². The van der Waals surface area contributed by atoms with E-state index in [9.17, 15) is 19.2 Å². The summed E-state index contributed by atoms with van der Waals surface area (Å²) < 4.78 is 6.05. The minimum Gasteiger partial charge on any atom is -0.395 e. The second kappa shape index (κ2) is 26.8. The van der Waals surface area contributed by atoms with Gasteiger partial charge in [-0.05, 0) is 146 Å². The van der Waals surface area contributed by atoms with Crippen LogP contribution in [0.3, 0.4) is 0 Å². The number of allylic oxidation sites excluding steroid dienone is 2. The predicted molar refractivity (Wildman–Crippen MR) is 325 cm³/mol. The van der Waals surface area contributed by atoms with E-state index >= 15 is 0 Å². The number of anilines is 4. The smallest absolute Gasteiger partial charge is 0.224 e. The molecular weight excluding hydrogens is 1150 g/mol. The fourth-order valence-electron chi connectivity index (χ4n) is 12.0. The Kier molecular flexibility index (Phi) is 20.6. The molecule has 2 aliphatic carbocycles. The summed E-state index contributed by atoms with van der Waals surface area (Å²) in [5, 5.41) is 18.2. The van der Waals surface area contributed by atoms with Crippen LogP contribution in [0.2, 0.25) is 20.1 Å². The van der Waals surface area contributed by atoms with Crippen LogP contribution in [0.1, 0.15) is 140 Å². The zero-order valence-electron chi connectivity index (χ0n) is 46.4. The third-order valence-corrected chi connectivity index (χ3v) is 17.4. The maximum atomic E-state index is 13.7. The second-order valence-electron chi connectivity index (χ2n) is 23.2. The Hall–Kier alpha value is -4.28. The van der Waals surface area contributed by atoms with Crippen molar-refractivity contribution in [1.29, 1.82) is 0 Å². The summed E-state index contributed by atoms with van der Waals surface area (Å²) in [4.78, 5) is 61.7. The number of hydrogen-bond donors (Lipinski definition) is 3. The summed E-state index contributed by atoms with van der Waals surface area (Å²) >= 11 is 29.2. The third kappa shape index (κ3) is 14.9. The number of likely N-dealkylation sites (tertiary alicyclic amines) is 2. The molecule has 4 aromatic carbocycles. The summed E-state index contributed by atoms with van der Waals surface area (Å²) in [7, 11) is 0. The Balaban J connectivity index is 0.000000183. The van der Waals surface area contributed by atoms with Crippen molar-refractivity contribution in [3.8, 4) is 0 Å². The van der Waals surface area contributed by atoms with Crippen molar-refractivity contribution < 1.29 is 29.0 Å². The molecule has 2 fully saturated rings. The number of hydrogen-bond acceptors (Lipinski definition) is 10. The predicted octanol–water partition coefficient (Wildman–Crippen LogP) is 14.7. The summed E-state index contributed by atoms with van der Waals surface area (Å²) in [6.45, 7) is 19.4. The molecule has 0 saturated carbocycles. The van der Waals surface area contributed by atoms with Crippen LogP contribution in [0.25, 0.3) is 0 Å². The number of aliphatic hydroxyl groups excluding tert-OH is 1. The van der Waals surface area contributed by atoms with E-state index in [0.29, 0.717) is 105 Å². The van der Waals surface area contributed by atoms with Crippen LogP contribution in [0.4, 0.5) is 22.7 Å². The Bertz CT molecular complexity index is 2980. The maximum absolute atomic E-state index is 13.7. The van der Waals surface area contributed by atoms with E-state index in [0.717, 1.165) is 60.1 Å². The van der Waals surface area contributed by atoms with Gasteiger partial charge in [-0.25, -0.2) is 0 Å². The highest BCUT2D eigenvalue weighted by molar-refractivity contribution is 9.08. The highest BCUT2D eigenvalue weighted by Gasteiger charge is 2.45. The number of β-amino-alcohol motifs (C(OH)–C–C–N with tert-alkyl or cyclic N) is 1. The Morgan fingerprint density at radius 3 is 1.46 bits per heavy atom. The molecule has 4 aliphatic heterocycles. The number of nitrogens with zero attached hydrogens (tertiary/aromatic N) is 4. The van der Waals surface area contributed by atoms with Gasteiger partial charge in [0.2, 0.25) is 11.8 Å². The topological polar surface area (TPSA) is 135 Å². The van der Waals surface area contributed by atoms with Gasteiger partial charge in [-0.15, -0.1) is 0 Å². The van der Waals surface area contributed by atoms with Gasteiger partial charge in [-0.1, -0.05) is 127 Å². The quantitative estimate of drug-likeness (QED) is 0.104. The van der Waals surface area contributed by atoms with Gasteiger partial charge in [0.1, 0.15) is 0 Å². The van der Waals surface area contributed by atoms with Crippen molar-refractivity contribution >= 4 is 108 Å². The van der Waals surface area contributed by atoms with Crippen molar-refractivity contribution in [3.05, 3.63) is 138 Å². The second-order valence-corrected chi connectivity index (χ2v) is 25.5. The number of piperidine rings is 2. The molecule has 0 radical (unpaired) electrons. The number of carbonyl (C=O) groups is 4. The van der Waals surface area contributed by atoms with Crippen LogP contribution in [0.15, 0.2) is 95.3 Å². The molecule has 17 heteroatoms. The van der Waals surface area contributed by atoms with Gasteiger partial charge in [0.15, 0.2) is 11.6 Å². The Morgan fingerprint density at radius 2 is 1.04 bits per heavy atom. The Morgan fingerprint density at radius 1 is 0.608 bits per heavy atom. The average molecular weight is 1220 g/mol. The van der Waals surface area contributed by atoms with Gasteiger partial charge in [0.25, 0.3) is 0 Å². The van der Waals surface area contributed by atoms with Gasteiger partial charge in [0.05, 0.1) is 54.7 Å². The van der Waals surface area contributed by atoms with E-state index < -0.39 is 12.1 Å². The van der Waals surface area contributed by atoms with E-state index in [1.807, 2.05) is 42.5 Å². The molecule has 6 aliphatic rings. The SMILES string of the molecule is CC(=O)N1c2ccc(CBr)cc2NC2=C(C(=O)CC(C)(C)C2)C1c1ccc(Cl)cc1Cl.CC(=O)N1c2ccc(COCCN3CCCCC3)cc2NC2=C(C(=O)CC(C)(C)C2)C1c1ccc(Cl)cc1Cl.OCCN1CCCCC1. The molecule has 3 N–H and O–H groups in total. The summed E-state index contributed by atoms with van der Waals surface area (Å²) in [6.07, 6.45) is 10.0. The number of aliphatic hydroxyl groups is 1. The van der Waals surface area contributed by atoms with Crippen LogP contribution >= 0.6 is 62.3 Å². The summed E-state index contributed by atoms with van der Waals surface area (Å²) in [5.41, 5.74) is 8.91. The average Bonchev–Trinajstić information content (AvgIpc) is 3.94. The molecule has 12 nitrogen and oxygen atoms in total. The van der Waals surface area contributed by atoms with Crippen LogP contribution in [-0.4, -0.2) is 90.8 Å². The van der Waals surface area contributed by atoms with Gasteiger partial charge in [-0.3, -0.25) is 29.0 Å². The van der Waals surface area contributed by atoms with Crippen molar-refractivity contribution in [2.75, 3.05) is 72.9 Å². The fourth-order valence-corrected chi connectivity index (χ4v) is 13.4. The first-order valence-corrected chi connectivity index (χ1v) is 30.3. The van der Waals surface area contributed by atoms with E-state index in [4.69, 9.17) is 56.2 Å². The number of amides is 2. The van der Waals surface area contributed by atoms with E-state index in [1.54, 1.807) is 40.1 Å². The highest BCUT2D eigenvalue weighted by Crippen LogP contribution is 2.52. The first-order chi connectivity index (χ1) is 37.7. The van der Waals surface area contributed by atoms with Crippen molar-refractivity contribution in [1.82, 2.24) is 9.80 Å². The molecule has 2 atom stereocenters. The lowest BCUT2D eigenvalue weighted by Crippen LogP contribution is -2.38. The molecule has 2 saturated heterocycles. The van der Waals surface area contributed by atoms with Crippen LogP contribution in [0, 0.1) is 10.8 Å². The molecule has 0 bridgehead atoms. The fraction of sp³-hybridized carbons (Fsp3) is 0.484. The number of Topliss-reactive ketones (excluding diaryl/α,β-unsaturated/α-hetero) is 2. The monoisotopic (exact) mass is 1220 g/mol. The molecule has 4 heterocycles.